The predicted octanol–water partition coefficient (Wildman–Crippen LogP) is 2.25. The van der Waals surface area contributed by atoms with Crippen molar-refractivity contribution in [2.45, 2.75) is 18.9 Å². The third kappa shape index (κ3) is 5.32. The minimum atomic E-state index is -0.202. The van der Waals surface area contributed by atoms with Crippen molar-refractivity contribution in [3.63, 3.8) is 0 Å². The number of carbonyl (C=O) groups is 1. The van der Waals surface area contributed by atoms with Crippen molar-refractivity contribution >= 4 is 29.9 Å². The van der Waals surface area contributed by atoms with Crippen LogP contribution in [0.5, 0.6) is 5.75 Å². The molecule has 1 saturated carbocycles. The molecule has 0 bridgehead atoms. The SMILES string of the molecule is COCCOc1ccc(Cl)cc1C(=O)NC(CN)C1CC1.Cl. The van der Waals surface area contributed by atoms with Gasteiger partial charge in [0, 0.05) is 24.7 Å². The normalized spacial score (nSPS) is 14.9. The second-order valence-corrected chi connectivity index (χ2v) is 5.57. The lowest BCUT2D eigenvalue weighted by Gasteiger charge is -2.18. The first-order valence-electron chi connectivity index (χ1n) is 7.08. The molecule has 0 aliphatic heterocycles. The number of ether oxygens (including phenoxy) is 2. The molecule has 22 heavy (non-hydrogen) atoms. The van der Waals surface area contributed by atoms with Crippen LogP contribution in [0.4, 0.5) is 0 Å². The van der Waals surface area contributed by atoms with Gasteiger partial charge in [0.1, 0.15) is 12.4 Å². The Morgan fingerprint density at radius 1 is 1.45 bits per heavy atom. The molecular formula is C15H22Cl2N2O3. The number of nitrogens with two attached hydrogens (primary N) is 1. The molecule has 0 spiro atoms. The second-order valence-electron chi connectivity index (χ2n) is 5.13. The van der Waals surface area contributed by atoms with Crippen LogP contribution in [-0.4, -0.2) is 38.8 Å². The highest BCUT2D eigenvalue weighted by molar-refractivity contribution is 6.31. The summed E-state index contributed by atoms with van der Waals surface area (Å²) < 4.78 is 10.5. The first-order chi connectivity index (χ1) is 10.2. The van der Waals surface area contributed by atoms with Gasteiger partial charge in [-0.15, -0.1) is 12.4 Å². The standard InChI is InChI=1S/C15H21ClN2O3.ClH/c1-20-6-7-21-14-5-4-11(16)8-12(14)15(19)18-13(9-17)10-2-3-10;/h4-5,8,10,13H,2-3,6-7,9,17H2,1H3,(H,18,19);1H. The summed E-state index contributed by atoms with van der Waals surface area (Å²) in [4.78, 5) is 12.4. The molecule has 0 aromatic heterocycles. The fraction of sp³-hybridized carbons (Fsp3) is 0.533. The van der Waals surface area contributed by atoms with Gasteiger partial charge in [-0.25, -0.2) is 0 Å². The predicted molar refractivity (Wildman–Crippen MR) is 89.1 cm³/mol. The van der Waals surface area contributed by atoms with E-state index in [1.54, 1.807) is 25.3 Å². The molecule has 1 aliphatic carbocycles. The van der Waals surface area contributed by atoms with Crippen LogP contribution < -0.4 is 15.8 Å². The maximum Gasteiger partial charge on any atom is 0.255 e. The molecular weight excluding hydrogens is 327 g/mol. The molecule has 0 saturated heterocycles. The molecule has 0 heterocycles. The number of carbonyl (C=O) groups excluding carboxylic acids is 1. The Balaban J connectivity index is 0.00000242. The Bertz CT molecular complexity index is 496. The lowest BCUT2D eigenvalue weighted by Crippen LogP contribution is -2.41. The van der Waals surface area contributed by atoms with Crippen molar-refractivity contribution in [3.8, 4) is 5.75 Å². The van der Waals surface area contributed by atoms with Gasteiger partial charge in [-0.3, -0.25) is 4.79 Å². The van der Waals surface area contributed by atoms with Crippen LogP contribution in [0.15, 0.2) is 18.2 Å². The van der Waals surface area contributed by atoms with Gasteiger partial charge in [-0.2, -0.15) is 0 Å². The molecule has 1 aliphatic rings. The summed E-state index contributed by atoms with van der Waals surface area (Å²) in [6, 6.07) is 5.02. The number of methoxy groups -OCH3 is 1. The maximum absolute atomic E-state index is 12.4. The fourth-order valence-electron chi connectivity index (χ4n) is 2.15. The summed E-state index contributed by atoms with van der Waals surface area (Å²) >= 11 is 5.98. The number of benzene rings is 1. The van der Waals surface area contributed by atoms with Crippen LogP contribution in [0.3, 0.4) is 0 Å². The van der Waals surface area contributed by atoms with E-state index in [4.69, 9.17) is 26.8 Å². The van der Waals surface area contributed by atoms with Crippen molar-refractivity contribution in [1.82, 2.24) is 5.32 Å². The van der Waals surface area contributed by atoms with Crippen LogP contribution in [0.1, 0.15) is 23.2 Å². The van der Waals surface area contributed by atoms with E-state index in [9.17, 15) is 4.79 Å². The van der Waals surface area contributed by atoms with Gasteiger partial charge >= 0.3 is 0 Å². The molecule has 5 nitrogen and oxygen atoms in total. The van der Waals surface area contributed by atoms with Crippen molar-refractivity contribution < 1.29 is 14.3 Å². The molecule has 1 aromatic carbocycles. The van der Waals surface area contributed by atoms with Crippen molar-refractivity contribution in [2.24, 2.45) is 11.7 Å². The largest absolute Gasteiger partial charge is 0.490 e. The average Bonchev–Trinajstić information content (AvgIpc) is 3.31. The number of halogens is 2. The lowest BCUT2D eigenvalue weighted by atomic mass is 10.1. The topological polar surface area (TPSA) is 73.6 Å². The monoisotopic (exact) mass is 348 g/mol. The first-order valence-corrected chi connectivity index (χ1v) is 7.45. The van der Waals surface area contributed by atoms with Gasteiger partial charge in [0.25, 0.3) is 5.91 Å². The zero-order chi connectivity index (χ0) is 15.2. The second kappa shape index (κ2) is 9.20. The highest BCUT2D eigenvalue weighted by Gasteiger charge is 2.31. The molecule has 124 valence electrons. The molecule has 1 fully saturated rings. The number of amides is 1. The average molecular weight is 349 g/mol. The number of rotatable bonds is 8. The van der Waals surface area contributed by atoms with Gasteiger partial charge < -0.3 is 20.5 Å². The zero-order valence-electron chi connectivity index (χ0n) is 12.5. The highest BCUT2D eigenvalue weighted by Crippen LogP contribution is 2.32. The number of hydrogen-bond donors (Lipinski definition) is 2. The molecule has 0 radical (unpaired) electrons. The van der Waals surface area contributed by atoms with E-state index in [0.717, 1.165) is 12.8 Å². The van der Waals surface area contributed by atoms with Crippen molar-refractivity contribution in [1.29, 1.82) is 0 Å². The van der Waals surface area contributed by atoms with Crippen LogP contribution >= 0.6 is 24.0 Å². The Hall–Kier alpha value is -1.01. The zero-order valence-corrected chi connectivity index (χ0v) is 14.1. The third-order valence-electron chi connectivity index (χ3n) is 3.49. The number of nitrogens with one attached hydrogen (secondary N) is 1. The minimum Gasteiger partial charge on any atom is -0.490 e. The Morgan fingerprint density at radius 3 is 2.77 bits per heavy atom. The molecule has 1 unspecified atom stereocenters. The van der Waals surface area contributed by atoms with Gasteiger partial charge in [-0.05, 0) is 37.0 Å². The van der Waals surface area contributed by atoms with Crippen molar-refractivity contribution in [2.75, 3.05) is 26.9 Å². The van der Waals surface area contributed by atoms with Crippen LogP contribution in [0, 0.1) is 5.92 Å². The Labute approximate surface area is 141 Å². The van der Waals surface area contributed by atoms with Gasteiger partial charge in [0.2, 0.25) is 0 Å². The Morgan fingerprint density at radius 2 is 2.18 bits per heavy atom. The molecule has 2 rings (SSSR count). The van der Waals surface area contributed by atoms with Gasteiger partial charge in [0.05, 0.1) is 12.2 Å². The molecule has 7 heteroatoms. The summed E-state index contributed by atoms with van der Waals surface area (Å²) in [6.45, 7) is 1.27. The molecule has 1 atom stereocenters. The van der Waals surface area contributed by atoms with E-state index < -0.39 is 0 Å². The first kappa shape index (κ1) is 19.0. The highest BCUT2D eigenvalue weighted by atomic mass is 35.5. The van der Waals surface area contributed by atoms with E-state index in [2.05, 4.69) is 5.32 Å². The lowest BCUT2D eigenvalue weighted by molar-refractivity contribution is 0.0926. The van der Waals surface area contributed by atoms with Gasteiger partial charge in [-0.1, -0.05) is 11.6 Å². The molecule has 3 N–H and O–H groups in total. The Kier molecular flexibility index (Phi) is 7.96. The number of hydrogen-bond acceptors (Lipinski definition) is 4. The molecule has 1 amide bonds. The smallest absolute Gasteiger partial charge is 0.255 e. The maximum atomic E-state index is 12.4. The summed E-state index contributed by atoms with van der Waals surface area (Å²) in [6.07, 6.45) is 2.24. The van der Waals surface area contributed by atoms with Crippen LogP contribution in [0.25, 0.3) is 0 Å². The summed E-state index contributed by atoms with van der Waals surface area (Å²) in [5.74, 6) is 0.795. The van der Waals surface area contributed by atoms with E-state index in [-0.39, 0.29) is 24.4 Å². The van der Waals surface area contributed by atoms with Crippen LogP contribution in [-0.2, 0) is 4.74 Å². The fourth-order valence-corrected chi connectivity index (χ4v) is 2.33. The van der Waals surface area contributed by atoms with Crippen molar-refractivity contribution in [3.05, 3.63) is 28.8 Å². The minimum absolute atomic E-state index is 0. The summed E-state index contributed by atoms with van der Waals surface area (Å²) in [7, 11) is 1.60. The third-order valence-corrected chi connectivity index (χ3v) is 3.73. The quantitative estimate of drug-likeness (QED) is 0.706. The summed E-state index contributed by atoms with van der Waals surface area (Å²) in [5.41, 5.74) is 6.15. The molecule has 1 aromatic rings. The van der Waals surface area contributed by atoms with E-state index >= 15 is 0 Å². The van der Waals surface area contributed by atoms with Crippen LogP contribution in [0.2, 0.25) is 5.02 Å². The summed E-state index contributed by atoms with van der Waals surface area (Å²) in [5, 5.41) is 3.46. The van der Waals surface area contributed by atoms with E-state index in [1.807, 2.05) is 0 Å². The van der Waals surface area contributed by atoms with Gasteiger partial charge in [0.15, 0.2) is 0 Å². The van der Waals surface area contributed by atoms with E-state index in [1.165, 1.54) is 0 Å². The van der Waals surface area contributed by atoms with E-state index in [0.29, 0.717) is 42.0 Å².